The number of ether oxygens (including phenoxy) is 2. The van der Waals surface area contributed by atoms with Gasteiger partial charge in [0.15, 0.2) is 17.3 Å². The number of hydrogen-bond donors (Lipinski definition) is 1. The third kappa shape index (κ3) is 5.92. The number of halogens is 1. The van der Waals surface area contributed by atoms with Crippen molar-refractivity contribution in [2.45, 2.75) is 37.6 Å². The molecule has 43 heavy (non-hydrogen) atoms. The lowest BCUT2D eigenvalue weighted by Gasteiger charge is -2.32. The topological polar surface area (TPSA) is 85.7 Å². The van der Waals surface area contributed by atoms with E-state index in [0.29, 0.717) is 41.4 Å². The predicted molar refractivity (Wildman–Crippen MR) is 163 cm³/mol. The fraction of sp³-hybridized carbons (Fsp3) is 0.382. The van der Waals surface area contributed by atoms with E-state index in [4.69, 9.17) is 9.47 Å². The SMILES string of the molecule is COc1ccc(C2CCNC2CCN2CCC(C(=O)c3nc4ccccc4n3C(=O)c3ccc(F)cc3)CC2)cc1OC. The van der Waals surface area contributed by atoms with Crippen molar-refractivity contribution in [3.8, 4) is 11.5 Å². The maximum atomic E-state index is 13.8. The predicted octanol–water partition coefficient (Wildman–Crippen LogP) is 5.31. The van der Waals surface area contributed by atoms with Gasteiger partial charge in [0, 0.05) is 23.4 Å². The highest BCUT2D eigenvalue weighted by atomic mass is 19.1. The molecule has 3 aromatic carbocycles. The van der Waals surface area contributed by atoms with E-state index in [9.17, 15) is 14.0 Å². The lowest BCUT2D eigenvalue weighted by molar-refractivity contribution is 0.0807. The molecule has 1 N–H and O–H groups in total. The van der Waals surface area contributed by atoms with E-state index >= 15 is 0 Å². The van der Waals surface area contributed by atoms with Gasteiger partial charge >= 0.3 is 0 Å². The number of benzene rings is 3. The van der Waals surface area contributed by atoms with Gasteiger partial charge in [-0.2, -0.15) is 0 Å². The first kappa shape index (κ1) is 29.0. The molecular weight excluding hydrogens is 547 g/mol. The molecule has 8 nitrogen and oxygen atoms in total. The van der Waals surface area contributed by atoms with Gasteiger partial charge in [0.2, 0.25) is 5.78 Å². The normalized spacial score (nSPS) is 19.5. The minimum Gasteiger partial charge on any atom is -0.493 e. The zero-order valence-corrected chi connectivity index (χ0v) is 24.6. The van der Waals surface area contributed by atoms with E-state index < -0.39 is 5.82 Å². The molecule has 224 valence electrons. The molecule has 6 rings (SSSR count). The number of nitrogens with one attached hydrogen (secondary N) is 1. The van der Waals surface area contributed by atoms with Crippen LogP contribution in [-0.4, -0.2) is 72.6 Å². The molecule has 2 aliphatic rings. The number of fused-ring (bicyclic) bond motifs is 1. The van der Waals surface area contributed by atoms with Crippen molar-refractivity contribution in [3.63, 3.8) is 0 Å². The molecule has 1 aromatic heterocycles. The fourth-order valence-electron chi connectivity index (χ4n) is 6.59. The lowest BCUT2D eigenvalue weighted by Crippen LogP contribution is -2.40. The van der Waals surface area contributed by atoms with Crippen molar-refractivity contribution in [2.24, 2.45) is 5.92 Å². The lowest BCUT2D eigenvalue weighted by atomic mass is 9.89. The summed E-state index contributed by atoms with van der Waals surface area (Å²) >= 11 is 0. The van der Waals surface area contributed by atoms with Crippen LogP contribution >= 0.6 is 0 Å². The number of imidazole rings is 1. The third-order valence-corrected chi connectivity index (χ3v) is 8.97. The van der Waals surface area contributed by atoms with Crippen LogP contribution in [0.5, 0.6) is 11.5 Å². The molecule has 0 saturated carbocycles. The van der Waals surface area contributed by atoms with Crippen molar-refractivity contribution < 1.29 is 23.5 Å². The Labute approximate surface area is 250 Å². The highest BCUT2D eigenvalue weighted by Crippen LogP contribution is 2.36. The number of ketones is 1. The van der Waals surface area contributed by atoms with Crippen LogP contribution in [0.15, 0.2) is 66.7 Å². The molecule has 3 heterocycles. The van der Waals surface area contributed by atoms with Gasteiger partial charge in [-0.15, -0.1) is 0 Å². The second-order valence-corrected chi connectivity index (χ2v) is 11.4. The van der Waals surface area contributed by atoms with Gasteiger partial charge in [0.25, 0.3) is 5.91 Å². The summed E-state index contributed by atoms with van der Waals surface area (Å²) in [6.45, 7) is 3.56. The Morgan fingerprint density at radius 2 is 1.70 bits per heavy atom. The highest BCUT2D eigenvalue weighted by Gasteiger charge is 2.33. The number of hydrogen-bond acceptors (Lipinski definition) is 7. The number of piperidine rings is 1. The van der Waals surface area contributed by atoms with Crippen LogP contribution in [0.4, 0.5) is 4.39 Å². The van der Waals surface area contributed by atoms with Gasteiger partial charge in [0.05, 0.1) is 25.3 Å². The van der Waals surface area contributed by atoms with Gasteiger partial charge in [-0.25, -0.2) is 9.37 Å². The molecule has 2 aliphatic heterocycles. The summed E-state index contributed by atoms with van der Waals surface area (Å²) in [5.41, 5.74) is 2.73. The van der Waals surface area contributed by atoms with Gasteiger partial charge in [0.1, 0.15) is 5.82 Å². The minimum atomic E-state index is -0.421. The van der Waals surface area contributed by atoms with Gasteiger partial charge in [-0.1, -0.05) is 18.2 Å². The summed E-state index contributed by atoms with van der Waals surface area (Å²) in [6, 6.07) is 19.2. The van der Waals surface area contributed by atoms with Crippen LogP contribution in [0.3, 0.4) is 0 Å². The molecule has 0 bridgehead atoms. The van der Waals surface area contributed by atoms with E-state index in [1.807, 2.05) is 18.2 Å². The maximum Gasteiger partial charge on any atom is 0.264 e. The maximum absolute atomic E-state index is 13.8. The first-order valence-electron chi connectivity index (χ1n) is 15.0. The second kappa shape index (κ2) is 12.7. The smallest absolute Gasteiger partial charge is 0.264 e. The number of rotatable bonds is 9. The van der Waals surface area contributed by atoms with Crippen molar-refractivity contribution in [2.75, 3.05) is 40.4 Å². The average Bonchev–Trinajstić information content (AvgIpc) is 3.68. The number of carbonyl (C=O) groups is 2. The Hall–Kier alpha value is -4.08. The first-order chi connectivity index (χ1) is 21.0. The molecule has 2 saturated heterocycles. The average molecular weight is 585 g/mol. The van der Waals surface area contributed by atoms with Gasteiger partial charge < -0.3 is 19.7 Å². The Kier molecular flexibility index (Phi) is 8.54. The van der Waals surface area contributed by atoms with Gasteiger partial charge in [-0.3, -0.25) is 14.2 Å². The minimum absolute atomic E-state index is 0.114. The second-order valence-electron chi connectivity index (χ2n) is 11.4. The Balaban J connectivity index is 1.10. The third-order valence-electron chi connectivity index (χ3n) is 8.97. The molecule has 2 atom stereocenters. The van der Waals surface area contributed by atoms with E-state index in [0.717, 1.165) is 50.5 Å². The number of nitrogens with zero attached hydrogens (tertiary/aromatic N) is 3. The number of methoxy groups -OCH3 is 2. The zero-order chi connectivity index (χ0) is 29.9. The van der Waals surface area contributed by atoms with E-state index in [1.54, 1.807) is 26.4 Å². The quantitative estimate of drug-likeness (QED) is 0.267. The summed E-state index contributed by atoms with van der Waals surface area (Å²) in [6.07, 6.45) is 3.52. The standard InChI is InChI=1S/C34H37FN4O4/c1-42-30-12-9-24(21-31(30)43-2)26-13-17-36-27(26)16-20-38-18-14-22(15-19-38)32(40)33-37-28-5-3-4-6-29(28)39(33)34(41)23-7-10-25(35)11-8-23/h3-12,21-22,26-27,36H,13-20H2,1-2H3. The van der Waals surface area contributed by atoms with Crippen LogP contribution in [0.2, 0.25) is 0 Å². The zero-order valence-electron chi connectivity index (χ0n) is 24.6. The molecular formula is C34H37FN4O4. The van der Waals surface area contributed by atoms with Crippen LogP contribution in [-0.2, 0) is 0 Å². The van der Waals surface area contributed by atoms with Crippen molar-refractivity contribution in [3.05, 3.63) is 89.5 Å². The molecule has 0 aliphatic carbocycles. The van der Waals surface area contributed by atoms with Crippen LogP contribution in [0.25, 0.3) is 11.0 Å². The summed E-state index contributed by atoms with van der Waals surface area (Å²) in [5, 5.41) is 3.69. The van der Waals surface area contributed by atoms with Crippen molar-refractivity contribution in [1.82, 2.24) is 19.8 Å². The Morgan fingerprint density at radius 3 is 2.44 bits per heavy atom. The monoisotopic (exact) mass is 584 g/mol. The van der Waals surface area contributed by atoms with Crippen molar-refractivity contribution >= 4 is 22.7 Å². The number of para-hydroxylation sites is 2. The molecule has 9 heteroatoms. The van der Waals surface area contributed by atoms with Crippen LogP contribution < -0.4 is 14.8 Å². The van der Waals surface area contributed by atoms with E-state index in [1.165, 1.54) is 34.4 Å². The van der Waals surface area contributed by atoms with Crippen molar-refractivity contribution in [1.29, 1.82) is 0 Å². The molecule has 4 aromatic rings. The molecule has 2 fully saturated rings. The fourth-order valence-corrected chi connectivity index (χ4v) is 6.59. The molecule has 2 unspecified atom stereocenters. The van der Waals surface area contributed by atoms with Crippen LogP contribution in [0.1, 0.15) is 58.1 Å². The summed E-state index contributed by atoms with van der Waals surface area (Å²) in [5.74, 6) is 0.923. The highest BCUT2D eigenvalue weighted by molar-refractivity contribution is 6.08. The Morgan fingerprint density at radius 1 is 0.953 bits per heavy atom. The largest absolute Gasteiger partial charge is 0.493 e. The summed E-state index contributed by atoms with van der Waals surface area (Å²) in [7, 11) is 3.32. The molecule has 0 amide bonds. The van der Waals surface area contributed by atoms with E-state index in [-0.39, 0.29) is 23.4 Å². The Bertz CT molecular complexity index is 1610. The number of Topliss-reactive ketones (excluding diaryl/α,β-unsaturated/α-hetero) is 1. The summed E-state index contributed by atoms with van der Waals surface area (Å²) < 4.78 is 25.9. The molecule has 0 spiro atoms. The summed E-state index contributed by atoms with van der Waals surface area (Å²) in [4.78, 5) is 34.4. The number of aromatic nitrogens is 2. The van der Waals surface area contributed by atoms with E-state index in [2.05, 4.69) is 27.3 Å². The van der Waals surface area contributed by atoms with Gasteiger partial charge in [-0.05, 0) is 106 Å². The number of carbonyl (C=O) groups excluding carboxylic acids is 2. The molecule has 0 radical (unpaired) electrons. The first-order valence-corrected chi connectivity index (χ1v) is 15.0. The van der Waals surface area contributed by atoms with Crippen LogP contribution in [0, 0.1) is 11.7 Å². The number of likely N-dealkylation sites (tertiary alicyclic amines) is 1.